The second-order valence-electron chi connectivity index (χ2n) is 4.98. The van der Waals surface area contributed by atoms with Gasteiger partial charge in [-0.15, -0.1) is 0 Å². The summed E-state index contributed by atoms with van der Waals surface area (Å²) in [6.45, 7) is -0.0445. The molecule has 0 aliphatic heterocycles. The molecule has 0 saturated carbocycles. The highest BCUT2D eigenvalue weighted by Crippen LogP contribution is 2.29. The van der Waals surface area contributed by atoms with Gasteiger partial charge in [0, 0.05) is 19.2 Å². The van der Waals surface area contributed by atoms with Crippen LogP contribution in [-0.4, -0.2) is 23.2 Å². The van der Waals surface area contributed by atoms with E-state index in [4.69, 9.17) is 9.68 Å². The summed E-state index contributed by atoms with van der Waals surface area (Å²) in [6, 6.07) is 6.45. The Hall–Kier alpha value is -3.15. The molecule has 0 spiro atoms. The van der Waals surface area contributed by atoms with Crippen LogP contribution in [-0.2, 0) is 11.0 Å². The number of carbonyl (C=O) groups is 2. The van der Waals surface area contributed by atoms with Crippen LogP contribution in [0, 0.1) is 11.3 Å². The van der Waals surface area contributed by atoms with Gasteiger partial charge in [0.2, 0.25) is 0 Å². The molecule has 0 radical (unpaired) electrons. The van der Waals surface area contributed by atoms with Crippen LogP contribution in [0.15, 0.2) is 41.1 Å². The Balaban J connectivity index is 1.94. The van der Waals surface area contributed by atoms with Crippen LogP contribution in [0.4, 0.5) is 13.2 Å². The molecule has 0 bridgehead atoms. The van der Waals surface area contributed by atoms with Gasteiger partial charge in [-0.25, -0.2) is 0 Å². The molecule has 2 aromatic heterocycles. The zero-order chi connectivity index (χ0) is 18.4. The van der Waals surface area contributed by atoms with Gasteiger partial charge in [-0.1, -0.05) is 0 Å². The molecule has 2 rings (SSSR count). The highest BCUT2D eigenvalue weighted by atomic mass is 19.4. The molecular formula is C16H12F3N3O3. The number of nitriles is 1. The number of ketones is 1. The van der Waals surface area contributed by atoms with Gasteiger partial charge in [0.05, 0.1) is 23.6 Å². The van der Waals surface area contributed by atoms with Crippen molar-refractivity contribution >= 4 is 11.7 Å². The van der Waals surface area contributed by atoms with Crippen LogP contribution in [0.5, 0.6) is 0 Å². The average Bonchev–Trinajstić information content (AvgIpc) is 3.09. The number of alkyl halides is 3. The monoisotopic (exact) mass is 351 g/mol. The lowest BCUT2D eigenvalue weighted by atomic mass is 9.98. The van der Waals surface area contributed by atoms with Gasteiger partial charge in [0.25, 0.3) is 5.91 Å². The molecule has 1 amide bonds. The molecule has 6 nitrogen and oxygen atoms in total. The van der Waals surface area contributed by atoms with Crippen molar-refractivity contribution < 1.29 is 27.2 Å². The van der Waals surface area contributed by atoms with E-state index in [2.05, 4.69) is 10.3 Å². The van der Waals surface area contributed by atoms with Crippen molar-refractivity contribution in [1.29, 1.82) is 5.26 Å². The molecule has 130 valence electrons. The number of nitrogens with zero attached hydrogens (tertiary/aromatic N) is 2. The molecule has 9 heteroatoms. The van der Waals surface area contributed by atoms with Gasteiger partial charge in [-0.2, -0.15) is 18.4 Å². The van der Waals surface area contributed by atoms with E-state index in [0.29, 0.717) is 6.20 Å². The first-order valence-electron chi connectivity index (χ1n) is 7.10. The van der Waals surface area contributed by atoms with Crippen molar-refractivity contribution in [1.82, 2.24) is 10.3 Å². The standard InChI is InChI=1S/C16H12F3N3O3/c17-16(18,19)10-3-4-12(22-9-10)11(8-20)13(23)5-6-21-15(24)14-2-1-7-25-14/h1-4,7,9,11H,5-6H2,(H,21,24). The maximum atomic E-state index is 12.5. The summed E-state index contributed by atoms with van der Waals surface area (Å²) in [7, 11) is 0. The molecule has 0 aromatic carbocycles. The predicted molar refractivity (Wildman–Crippen MR) is 78.3 cm³/mol. The molecule has 0 aliphatic carbocycles. The fourth-order valence-corrected chi connectivity index (χ4v) is 1.99. The third-order valence-corrected chi connectivity index (χ3v) is 3.26. The quantitative estimate of drug-likeness (QED) is 0.863. The maximum Gasteiger partial charge on any atom is 0.417 e. The second kappa shape index (κ2) is 7.61. The molecule has 1 unspecified atom stereocenters. The van der Waals surface area contributed by atoms with Crippen LogP contribution in [0.1, 0.15) is 34.2 Å². The van der Waals surface area contributed by atoms with Gasteiger partial charge in [0.15, 0.2) is 11.5 Å². The average molecular weight is 351 g/mol. The summed E-state index contributed by atoms with van der Waals surface area (Å²) in [5.41, 5.74) is -1.04. The van der Waals surface area contributed by atoms with E-state index in [1.165, 1.54) is 18.4 Å². The summed E-state index contributed by atoms with van der Waals surface area (Å²) in [4.78, 5) is 27.2. The number of halogens is 3. The number of aromatic nitrogens is 1. The summed E-state index contributed by atoms with van der Waals surface area (Å²) in [5, 5.41) is 11.5. The highest BCUT2D eigenvalue weighted by Gasteiger charge is 2.31. The van der Waals surface area contributed by atoms with E-state index < -0.39 is 29.3 Å². The first kappa shape index (κ1) is 18.2. The molecule has 0 aliphatic rings. The van der Waals surface area contributed by atoms with E-state index in [1.807, 2.05) is 0 Å². The van der Waals surface area contributed by atoms with E-state index in [1.54, 1.807) is 6.07 Å². The van der Waals surface area contributed by atoms with Crippen molar-refractivity contribution in [3.8, 4) is 6.07 Å². The fourth-order valence-electron chi connectivity index (χ4n) is 1.99. The van der Waals surface area contributed by atoms with Crippen molar-refractivity contribution in [2.45, 2.75) is 18.5 Å². The summed E-state index contributed by atoms with van der Waals surface area (Å²) < 4.78 is 42.4. The smallest absolute Gasteiger partial charge is 0.417 e. The van der Waals surface area contributed by atoms with Crippen molar-refractivity contribution in [3.63, 3.8) is 0 Å². The first-order valence-corrected chi connectivity index (χ1v) is 7.10. The van der Waals surface area contributed by atoms with E-state index in [-0.39, 0.29) is 24.4 Å². The molecule has 2 aromatic rings. The number of furan rings is 1. The van der Waals surface area contributed by atoms with Crippen molar-refractivity contribution in [2.24, 2.45) is 0 Å². The first-order chi connectivity index (χ1) is 11.8. The number of amides is 1. The van der Waals surface area contributed by atoms with Crippen LogP contribution < -0.4 is 5.32 Å². The van der Waals surface area contributed by atoms with E-state index >= 15 is 0 Å². The third-order valence-electron chi connectivity index (χ3n) is 3.26. The lowest BCUT2D eigenvalue weighted by molar-refractivity contribution is -0.137. The largest absolute Gasteiger partial charge is 0.459 e. The van der Waals surface area contributed by atoms with Crippen LogP contribution in [0.3, 0.4) is 0 Å². The molecule has 2 heterocycles. The van der Waals surface area contributed by atoms with Crippen molar-refractivity contribution in [2.75, 3.05) is 6.54 Å². The van der Waals surface area contributed by atoms with Gasteiger partial charge in [0.1, 0.15) is 5.92 Å². The maximum absolute atomic E-state index is 12.5. The molecule has 1 N–H and O–H groups in total. The SMILES string of the molecule is N#CC(C(=O)CCNC(=O)c1ccco1)c1ccc(C(F)(F)F)cn1. The van der Waals surface area contributed by atoms with E-state index in [9.17, 15) is 22.8 Å². The zero-order valence-corrected chi connectivity index (χ0v) is 12.7. The Kier molecular flexibility index (Phi) is 5.54. The number of nitrogens with one attached hydrogen (secondary N) is 1. The molecule has 1 atom stereocenters. The van der Waals surface area contributed by atoms with E-state index in [0.717, 1.165) is 12.1 Å². The number of pyridine rings is 1. The van der Waals surface area contributed by atoms with Gasteiger partial charge < -0.3 is 9.73 Å². The number of carbonyl (C=O) groups excluding carboxylic acids is 2. The lowest BCUT2D eigenvalue weighted by Gasteiger charge is -2.10. The fraction of sp³-hybridized carbons (Fsp3) is 0.250. The Bertz CT molecular complexity index is 778. The Morgan fingerprint density at radius 3 is 2.60 bits per heavy atom. The van der Waals surface area contributed by atoms with Crippen molar-refractivity contribution in [3.05, 3.63) is 53.7 Å². The summed E-state index contributed by atoms with van der Waals surface area (Å²) >= 11 is 0. The molecule has 0 fully saturated rings. The minimum Gasteiger partial charge on any atom is -0.459 e. The lowest BCUT2D eigenvalue weighted by Crippen LogP contribution is -2.27. The third kappa shape index (κ3) is 4.67. The van der Waals surface area contributed by atoms with Gasteiger partial charge in [-0.3, -0.25) is 14.6 Å². The highest BCUT2D eigenvalue weighted by molar-refractivity contribution is 5.92. The Labute approximate surface area is 140 Å². The van der Waals surface area contributed by atoms with Crippen LogP contribution >= 0.6 is 0 Å². The summed E-state index contributed by atoms with van der Waals surface area (Å²) in [6.07, 6.45) is -2.82. The number of rotatable bonds is 6. The minimum atomic E-state index is -4.55. The number of hydrogen-bond donors (Lipinski definition) is 1. The van der Waals surface area contributed by atoms with Gasteiger partial charge >= 0.3 is 6.18 Å². The van der Waals surface area contributed by atoms with Gasteiger partial charge in [-0.05, 0) is 24.3 Å². The Morgan fingerprint density at radius 2 is 2.08 bits per heavy atom. The number of hydrogen-bond acceptors (Lipinski definition) is 5. The normalized spacial score (nSPS) is 12.2. The van der Waals surface area contributed by atoms with Crippen LogP contribution in [0.25, 0.3) is 0 Å². The predicted octanol–water partition coefficient (Wildman–Crippen LogP) is 2.69. The topological polar surface area (TPSA) is 96.0 Å². The zero-order valence-electron chi connectivity index (χ0n) is 12.7. The molecule has 0 saturated heterocycles. The Morgan fingerprint density at radius 1 is 1.32 bits per heavy atom. The molecular weight excluding hydrogens is 339 g/mol. The molecule has 25 heavy (non-hydrogen) atoms. The summed E-state index contributed by atoms with van der Waals surface area (Å²) in [5.74, 6) is -2.30. The number of Topliss-reactive ketones (excluding diaryl/α,β-unsaturated/α-hetero) is 1. The minimum absolute atomic E-state index is 0.0445. The van der Waals surface area contributed by atoms with Crippen LogP contribution in [0.2, 0.25) is 0 Å². The second-order valence-corrected chi connectivity index (χ2v) is 4.98.